The Kier molecular flexibility index (Phi) is 4.48. The molecule has 1 aromatic heterocycles. The average molecular weight is 307 g/mol. The predicted octanol–water partition coefficient (Wildman–Crippen LogP) is 2.59. The van der Waals surface area contributed by atoms with E-state index in [4.69, 9.17) is 5.26 Å². The van der Waals surface area contributed by atoms with E-state index in [0.29, 0.717) is 22.8 Å². The third kappa shape index (κ3) is 3.64. The zero-order valence-corrected chi connectivity index (χ0v) is 12.7. The predicted molar refractivity (Wildman–Crippen MR) is 87.2 cm³/mol. The van der Waals surface area contributed by atoms with Gasteiger partial charge in [0.05, 0.1) is 17.2 Å². The molecule has 3 rings (SSSR count). The molecule has 0 radical (unpaired) electrons. The summed E-state index contributed by atoms with van der Waals surface area (Å²) in [6, 6.07) is 8.74. The van der Waals surface area contributed by atoms with Crippen LogP contribution in [0.4, 0.5) is 11.6 Å². The van der Waals surface area contributed by atoms with Crippen LogP contribution in [-0.4, -0.2) is 29.0 Å². The lowest BCUT2D eigenvalue weighted by atomic mass is 10.1. The zero-order valence-electron chi connectivity index (χ0n) is 12.7. The molecule has 0 bridgehead atoms. The van der Waals surface area contributed by atoms with Gasteiger partial charge in [-0.3, -0.25) is 4.79 Å². The van der Waals surface area contributed by atoms with Gasteiger partial charge < -0.3 is 10.2 Å². The van der Waals surface area contributed by atoms with Crippen molar-refractivity contribution in [2.75, 3.05) is 23.3 Å². The van der Waals surface area contributed by atoms with Crippen molar-refractivity contribution in [2.45, 2.75) is 19.3 Å². The number of benzene rings is 1. The molecule has 0 unspecified atom stereocenters. The zero-order chi connectivity index (χ0) is 16.1. The van der Waals surface area contributed by atoms with Crippen LogP contribution in [0.3, 0.4) is 0 Å². The van der Waals surface area contributed by atoms with Crippen LogP contribution in [0.1, 0.15) is 35.2 Å². The summed E-state index contributed by atoms with van der Waals surface area (Å²) in [7, 11) is 0. The molecule has 1 saturated heterocycles. The maximum atomic E-state index is 12.2. The highest BCUT2D eigenvalue weighted by Crippen LogP contribution is 2.15. The molecule has 0 spiro atoms. The molecule has 2 heterocycles. The van der Waals surface area contributed by atoms with Gasteiger partial charge in [-0.1, -0.05) is 0 Å². The smallest absolute Gasteiger partial charge is 0.258 e. The number of nitrogens with one attached hydrogen (secondary N) is 1. The molecule has 1 aliphatic heterocycles. The summed E-state index contributed by atoms with van der Waals surface area (Å²) in [5, 5.41) is 11.5. The van der Waals surface area contributed by atoms with E-state index < -0.39 is 0 Å². The maximum Gasteiger partial charge on any atom is 0.258 e. The van der Waals surface area contributed by atoms with Crippen molar-refractivity contribution in [3.8, 4) is 6.07 Å². The van der Waals surface area contributed by atoms with Gasteiger partial charge in [0.1, 0.15) is 0 Å². The number of anilines is 2. The van der Waals surface area contributed by atoms with Crippen LogP contribution >= 0.6 is 0 Å². The van der Waals surface area contributed by atoms with Gasteiger partial charge in [-0.15, -0.1) is 0 Å². The monoisotopic (exact) mass is 307 g/mol. The highest BCUT2D eigenvalue weighted by atomic mass is 16.1. The first-order valence-corrected chi connectivity index (χ1v) is 7.65. The molecule has 1 fully saturated rings. The molecule has 0 aliphatic carbocycles. The molecule has 2 aromatic rings. The van der Waals surface area contributed by atoms with Crippen LogP contribution in [0.25, 0.3) is 0 Å². The van der Waals surface area contributed by atoms with Crippen LogP contribution in [-0.2, 0) is 0 Å². The first-order chi connectivity index (χ1) is 11.3. The molecule has 0 saturated carbocycles. The lowest BCUT2D eigenvalue weighted by Crippen LogP contribution is -2.31. The van der Waals surface area contributed by atoms with Crippen molar-refractivity contribution in [3.63, 3.8) is 0 Å². The number of hydrogen-bond donors (Lipinski definition) is 1. The maximum absolute atomic E-state index is 12.2. The Bertz CT molecular complexity index is 712. The van der Waals surface area contributed by atoms with Gasteiger partial charge in [0.15, 0.2) is 0 Å². The second-order valence-electron chi connectivity index (χ2n) is 5.46. The van der Waals surface area contributed by atoms with Crippen molar-refractivity contribution >= 4 is 17.5 Å². The average Bonchev–Trinajstić information content (AvgIpc) is 2.63. The number of carbonyl (C=O) groups is 1. The summed E-state index contributed by atoms with van der Waals surface area (Å²) in [4.78, 5) is 22.9. The fraction of sp³-hybridized carbons (Fsp3) is 0.294. The molecule has 1 amide bonds. The van der Waals surface area contributed by atoms with Crippen molar-refractivity contribution in [3.05, 3.63) is 47.8 Å². The SMILES string of the molecule is N#Cc1ccc(NC(=O)c2cnc(N3CCCCC3)nc2)cc1. The first-order valence-electron chi connectivity index (χ1n) is 7.65. The number of nitrogens with zero attached hydrogens (tertiary/aromatic N) is 4. The highest BCUT2D eigenvalue weighted by Gasteiger charge is 2.14. The second kappa shape index (κ2) is 6.88. The summed E-state index contributed by atoms with van der Waals surface area (Å²) >= 11 is 0. The van der Waals surface area contributed by atoms with Gasteiger partial charge >= 0.3 is 0 Å². The van der Waals surface area contributed by atoms with Gasteiger partial charge in [-0.2, -0.15) is 5.26 Å². The Balaban J connectivity index is 1.66. The summed E-state index contributed by atoms with van der Waals surface area (Å²) in [6.07, 6.45) is 6.67. The van der Waals surface area contributed by atoms with E-state index in [-0.39, 0.29) is 5.91 Å². The molecule has 6 nitrogen and oxygen atoms in total. The minimum absolute atomic E-state index is 0.264. The van der Waals surface area contributed by atoms with Gasteiger partial charge in [0.25, 0.3) is 5.91 Å². The van der Waals surface area contributed by atoms with Gasteiger partial charge in [0.2, 0.25) is 5.95 Å². The topological polar surface area (TPSA) is 81.9 Å². The third-order valence-corrected chi connectivity index (χ3v) is 3.81. The van der Waals surface area contributed by atoms with E-state index in [1.807, 2.05) is 6.07 Å². The summed E-state index contributed by atoms with van der Waals surface area (Å²) in [6.45, 7) is 1.94. The largest absolute Gasteiger partial charge is 0.341 e. The Morgan fingerprint density at radius 1 is 1.09 bits per heavy atom. The fourth-order valence-corrected chi connectivity index (χ4v) is 2.53. The lowest BCUT2D eigenvalue weighted by Gasteiger charge is -2.26. The summed E-state index contributed by atoms with van der Waals surface area (Å²) in [5.41, 5.74) is 1.60. The van der Waals surface area contributed by atoms with Crippen molar-refractivity contribution in [1.82, 2.24) is 9.97 Å². The molecule has 116 valence electrons. The van der Waals surface area contributed by atoms with E-state index in [2.05, 4.69) is 20.2 Å². The Morgan fingerprint density at radius 2 is 1.74 bits per heavy atom. The standard InChI is InChI=1S/C17H17N5O/c18-10-13-4-6-15(7-5-13)21-16(23)14-11-19-17(20-12-14)22-8-2-1-3-9-22/h4-7,11-12H,1-3,8-9H2,(H,21,23). The molecular weight excluding hydrogens is 290 g/mol. The van der Waals surface area contributed by atoms with Crippen molar-refractivity contribution in [2.24, 2.45) is 0 Å². The van der Waals surface area contributed by atoms with E-state index in [1.165, 1.54) is 6.42 Å². The van der Waals surface area contributed by atoms with Crippen molar-refractivity contribution < 1.29 is 4.79 Å². The third-order valence-electron chi connectivity index (χ3n) is 3.81. The minimum atomic E-state index is -0.264. The number of aromatic nitrogens is 2. The molecule has 1 aromatic carbocycles. The Hall–Kier alpha value is -2.94. The molecule has 0 atom stereocenters. The summed E-state index contributed by atoms with van der Waals surface area (Å²) < 4.78 is 0. The normalized spacial score (nSPS) is 14.1. The van der Waals surface area contributed by atoms with Crippen LogP contribution in [0, 0.1) is 11.3 Å². The quantitative estimate of drug-likeness (QED) is 0.942. The van der Waals surface area contributed by atoms with E-state index in [1.54, 1.807) is 36.7 Å². The van der Waals surface area contributed by atoms with E-state index in [9.17, 15) is 4.79 Å². The van der Waals surface area contributed by atoms with Gasteiger partial charge in [-0.05, 0) is 43.5 Å². The van der Waals surface area contributed by atoms with E-state index >= 15 is 0 Å². The first kappa shape index (κ1) is 15.0. The van der Waals surface area contributed by atoms with E-state index in [0.717, 1.165) is 25.9 Å². The highest BCUT2D eigenvalue weighted by molar-refractivity contribution is 6.03. The molecule has 1 N–H and O–H groups in total. The van der Waals surface area contributed by atoms with Gasteiger partial charge in [0, 0.05) is 31.2 Å². The number of carbonyl (C=O) groups excluding carboxylic acids is 1. The number of hydrogen-bond acceptors (Lipinski definition) is 5. The van der Waals surface area contributed by atoms with Crippen LogP contribution in [0.5, 0.6) is 0 Å². The molecule has 23 heavy (non-hydrogen) atoms. The number of nitriles is 1. The number of rotatable bonds is 3. The van der Waals surface area contributed by atoms with Crippen LogP contribution < -0.4 is 10.2 Å². The lowest BCUT2D eigenvalue weighted by molar-refractivity contribution is 0.102. The summed E-state index contributed by atoms with van der Waals surface area (Å²) in [5.74, 6) is 0.416. The molecular formula is C17H17N5O. The minimum Gasteiger partial charge on any atom is -0.341 e. The molecule has 1 aliphatic rings. The van der Waals surface area contributed by atoms with Crippen molar-refractivity contribution in [1.29, 1.82) is 5.26 Å². The molecule has 6 heteroatoms. The Morgan fingerprint density at radius 3 is 2.35 bits per heavy atom. The van der Waals surface area contributed by atoms with Crippen LogP contribution in [0.15, 0.2) is 36.7 Å². The Labute approximate surface area is 134 Å². The fourth-order valence-electron chi connectivity index (χ4n) is 2.53. The number of amides is 1. The second-order valence-corrected chi connectivity index (χ2v) is 5.46. The number of piperidine rings is 1. The van der Waals surface area contributed by atoms with Gasteiger partial charge in [-0.25, -0.2) is 9.97 Å². The van der Waals surface area contributed by atoms with Crippen LogP contribution in [0.2, 0.25) is 0 Å².